The summed E-state index contributed by atoms with van der Waals surface area (Å²) in [5.41, 5.74) is 0.990. The van der Waals surface area contributed by atoms with Crippen LogP contribution < -0.4 is 0 Å². The van der Waals surface area contributed by atoms with Gasteiger partial charge in [-0.1, -0.05) is 19.1 Å². The number of benzene rings is 1. The minimum atomic E-state index is -0.316. The normalized spacial score (nSPS) is 14.9. The number of aliphatic hydroxyl groups is 1. The summed E-state index contributed by atoms with van der Waals surface area (Å²) >= 11 is 1.66. The molecule has 2 unspecified atom stereocenters. The third-order valence-electron chi connectivity index (χ3n) is 2.58. The molecule has 4 heteroatoms. The van der Waals surface area contributed by atoms with E-state index in [9.17, 15) is 5.11 Å². The smallest absolute Gasteiger partial charge is 0.183 e. The highest BCUT2D eigenvalue weighted by atomic mass is 32.2. The molecule has 0 heterocycles. The van der Waals surface area contributed by atoms with Gasteiger partial charge in [0.25, 0.3) is 0 Å². The standard InChI is InChI=1S/C13H20O3S/c1-9(14)10(2)17-12-7-5-11(6-8-12)13(15-3)16-4/h5-10,13-14H,1-4H3. The Bertz CT molecular complexity index is 320. The number of thioether (sulfide) groups is 1. The van der Waals surface area contributed by atoms with E-state index in [1.54, 1.807) is 32.9 Å². The Hall–Kier alpha value is -0.550. The van der Waals surface area contributed by atoms with Crippen LogP contribution >= 0.6 is 11.8 Å². The SMILES string of the molecule is COC(OC)c1ccc(SC(C)C(C)O)cc1. The van der Waals surface area contributed by atoms with Crippen molar-refractivity contribution in [3.05, 3.63) is 29.8 Å². The molecule has 3 nitrogen and oxygen atoms in total. The zero-order valence-electron chi connectivity index (χ0n) is 10.7. The fourth-order valence-corrected chi connectivity index (χ4v) is 2.30. The lowest BCUT2D eigenvalue weighted by atomic mass is 10.2. The van der Waals surface area contributed by atoms with E-state index in [1.165, 1.54) is 0 Å². The van der Waals surface area contributed by atoms with E-state index in [4.69, 9.17) is 9.47 Å². The van der Waals surface area contributed by atoms with Gasteiger partial charge in [0.05, 0.1) is 6.10 Å². The fourth-order valence-electron chi connectivity index (χ4n) is 1.39. The molecule has 0 aliphatic carbocycles. The molecule has 96 valence electrons. The Morgan fingerprint density at radius 1 is 1.06 bits per heavy atom. The van der Waals surface area contributed by atoms with Gasteiger partial charge < -0.3 is 14.6 Å². The number of methoxy groups -OCH3 is 2. The lowest BCUT2D eigenvalue weighted by Crippen LogP contribution is -2.14. The molecule has 0 aliphatic heterocycles. The molecule has 0 saturated heterocycles. The van der Waals surface area contributed by atoms with Gasteiger partial charge in [-0.3, -0.25) is 0 Å². The average Bonchev–Trinajstić information content (AvgIpc) is 2.32. The van der Waals surface area contributed by atoms with Crippen LogP contribution in [0.15, 0.2) is 29.2 Å². The molecule has 0 fully saturated rings. The lowest BCUT2D eigenvalue weighted by molar-refractivity contribution is -0.106. The fraction of sp³-hybridized carbons (Fsp3) is 0.538. The molecule has 0 radical (unpaired) electrons. The van der Waals surface area contributed by atoms with E-state index < -0.39 is 0 Å². The zero-order valence-corrected chi connectivity index (χ0v) is 11.5. The molecule has 0 amide bonds. The molecule has 1 rings (SSSR count). The molecular formula is C13H20O3S. The van der Waals surface area contributed by atoms with E-state index in [0.29, 0.717) is 0 Å². The van der Waals surface area contributed by atoms with Crippen LogP contribution in [-0.2, 0) is 9.47 Å². The van der Waals surface area contributed by atoms with Gasteiger partial charge in [0.1, 0.15) is 0 Å². The van der Waals surface area contributed by atoms with E-state index in [2.05, 4.69) is 0 Å². The Balaban J connectivity index is 2.67. The second kappa shape index (κ2) is 7.01. The van der Waals surface area contributed by atoms with Crippen LogP contribution in [0.25, 0.3) is 0 Å². The summed E-state index contributed by atoms with van der Waals surface area (Å²) in [4.78, 5) is 1.13. The maximum Gasteiger partial charge on any atom is 0.183 e. The van der Waals surface area contributed by atoms with Crippen molar-refractivity contribution >= 4 is 11.8 Å². The maximum atomic E-state index is 9.44. The largest absolute Gasteiger partial charge is 0.392 e. The van der Waals surface area contributed by atoms with Gasteiger partial charge in [0.15, 0.2) is 6.29 Å². The van der Waals surface area contributed by atoms with Crippen LogP contribution in [0.5, 0.6) is 0 Å². The average molecular weight is 256 g/mol. The van der Waals surface area contributed by atoms with Crippen LogP contribution in [0.1, 0.15) is 25.7 Å². The second-order valence-corrected chi connectivity index (χ2v) is 5.39. The minimum Gasteiger partial charge on any atom is -0.392 e. The van der Waals surface area contributed by atoms with Gasteiger partial charge in [-0.2, -0.15) is 0 Å². The minimum absolute atomic E-state index is 0.182. The number of ether oxygens (including phenoxy) is 2. The lowest BCUT2D eigenvalue weighted by Gasteiger charge is -2.16. The number of hydrogen-bond acceptors (Lipinski definition) is 4. The van der Waals surface area contributed by atoms with Gasteiger partial charge in [0, 0.05) is 29.9 Å². The van der Waals surface area contributed by atoms with Crippen molar-refractivity contribution in [1.29, 1.82) is 0 Å². The summed E-state index contributed by atoms with van der Waals surface area (Å²) < 4.78 is 10.4. The summed E-state index contributed by atoms with van der Waals surface area (Å²) in [5.74, 6) is 0. The Morgan fingerprint density at radius 2 is 1.59 bits per heavy atom. The topological polar surface area (TPSA) is 38.7 Å². The van der Waals surface area contributed by atoms with Crippen molar-refractivity contribution in [3.63, 3.8) is 0 Å². The first-order valence-electron chi connectivity index (χ1n) is 5.58. The van der Waals surface area contributed by atoms with Gasteiger partial charge >= 0.3 is 0 Å². The van der Waals surface area contributed by atoms with Crippen molar-refractivity contribution in [2.75, 3.05) is 14.2 Å². The van der Waals surface area contributed by atoms with Crippen molar-refractivity contribution in [2.24, 2.45) is 0 Å². The Kier molecular flexibility index (Phi) is 5.98. The molecule has 1 aromatic rings. The first-order chi connectivity index (χ1) is 8.08. The van der Waals surface area contributed by atoms with Crippen LogP contribution in [0.4, 0.5) is 0 Å². The quantitative estimate of drug-likeness (QED) is 0.627. The van der Waals surface area contributed by atoms with E-state index in [1.807, 2.05) is 31.2 Å². The highest BCUT2D eigenvalue weighted by Crippen LogP contribution is 2.27. The molecule has 1 N–H and O–H groups in total. The molecule has 1 aromatic carbocycles. The van der Waals surface area contributed by atoms with Crippen LogP contribution in [0, 0.1) is 0 Å². The predicted octanol–water partition coefficient (Wildman–Crippen LogP) is 2.84. The Labute approximate surface area is 107 Å². The van der Waals surface area contributed by atoms with E-state index in [0.717, 1.165) is 10.5 Å². The summed E-state index contributed by atoms with van der Waals surface area (Å²) in [5, 5.41) is 9.62. The third kappa shape index (κ3) is 4.32. The molecular weight excluding hydrogens is 236 g/mol. The number of hydrogen-bond donors (Lipinski definition) is 1. The predicted molar refractivity (Wildman–Crippen MR) is 70.2 cm³/mol. The van der Waals surface area contributed by atoms with E-state index in [-0.39, 0.29) is 17.6 Å². The first kappa shape index (κ1) is 14.5. The number of aliphatic hydroxyl groups excluding tert-OH is 1. The second-order valence-electron chi connectivity index (χ2n) is 3.94. The van der Waals surface area contributed by atoms with Gasteiger partial charge in [0.2, 0.25) is 0 Å². The summed E-state index contributed by atoms with van der Waals surface area (Å²) in [6.45, 7) is 3.81. The highest BCUT2D eigenvalue weighted by Gasteiger charge is 2.12. The Morgan fingerprint density at radius 3 is 2.00 bits per heavy atom. The summed E-state index contributed by atoms with van der Waals surface area (Å²) in [7, 11) is 3.23. The third-order valence-corrected chi connectivity index (χ3v) is 3.89. The van der Waals surface area contributed by atoms with Crippen molar-refractivity contribution in [1.82, 2.24) is 0 Å². The van der Waals surface area contributed by atoms with Gasteiger partial charge in [-0.25, -0.2) is 0 Å². The molecule has 0 saturated carbocycles. The molecule has 0 aromatic heterocycles. The summed E-state index contributed by atoms with van der Waals surface area (Å²) in [6, 6.07) is 8.00. The van der Waals surface area contributed by atoms with Crippen LogP contribution in [0.3, 0.4) is 0 Å². The zero-order chi connectivity index (χ0) is 12.8. The highest BCUT2D eigenvalue weighted by molar-refractivity contribution is 8.00. The van der Waals surface area contributed by atoms with Crippen molar-refractivity contribution in [2.45, 2.75) is 36.4 Å². The van der Waals surface area contributed by atoms with Crippen molar-refractivity contribution < 1.29 is 14.6 Å². The van der Waals surface area contributed by atoms with Gasteiger partial charge in [-0.15, -0.1) is 11.8 Å². The first-order valence-corrected chi connectivity index (χ1v) is 6.46. The van der Waals surface area contributed by atoms with E-state index >= 15 is 0 Å². The van der Waals surface area contributed by atoms with Crippen molar-refractivity contribution in [3.8, 4) is 0 Å². The molecule has 0 aliphatic rings. The molecule has 2 atom stereocenters. The molecule has 0 bridgehead atoms. The van der Waals surface area contributed by atoms with Crippen LogP contribution in [0.2, 0.25) is 0 Å². The maximum absolute atomic E-state index is 9.44. The summed E-state index contributed by atoms with van der Waals surface area (Å²) in [6.07, 6.45) is -0.631. The van der Waals surface area contributed by atoms with Crippen LogP contribution in [-0.4, -0.2) is 30.7 Å². The molecule has 0 spiro atoms. The molecule has 17 heavy (non-hydrogen) atoms. The number of rotatable bonds is 6. The monoisotopic (exact) mass is 256 g/mol. The van der Waals surface area contributed by atoms with Gasteiger partial charge in [-0.05, 0) is 19.1 Å².